The molecule has 1 aromatic heterocycles. The SMILES string of the molecule is Nc1ccnc(N2C[C@@H](NS(=O)(=O)C3CC3)[C@H](C3CC3)C2)n1. The van der Waals surface area contributed by atoms with Gasteiger partial charge in [-0.2, -0.15) is 4.98 Å². The standard InChI is InChI=1S/C14H21N5O2S/c15-13-5-6-16-14(17-13)19-7-11(9-1-2-9)12(8-19)18-22(20,21)10-3-4-10/h5-6,9-12,18H,1-4,7-8H2,(H2,15,16,17)/t11-,12+/m0/s1. The van der Waals surface area contributed by atoms with Crippen LogP contribution in [-0.4, -0.2) is 42.8 Å². The largest absolute Gasteiger partial charge is 0.384 e. The highest BCUT2D eigenvalue weighted by atomic mass is 32.2. The Morgan fingerprint density at radius 3 is 2.64 bits per heavy atom. The molecule has 2 aliphatic carbocycles. The third-order valence-corrected chi connectivity index (χ3v) is 6.80. The summed E-state index contributed by atoms with van der Waals surface area (Å²) in [6.45, 7) is 1.42. The van der Waals surface area contributed by atoms with Gasteiger partial charge in [-0.15, -0.1) is 0 Å². The molecule has 120 valence electrons. The predicted octanol–water partition coefficient (Wildman–Crippen LogP) is 0.355. The molecule has 2 saturated carbocycles. The van der Waals surface area contributed by atoms with Crippen LogP contribution in [0.25, 0.3) is 0 Å². The maximum absolute atomic E-state index is 12.3. The van der Waals surface area contributed by atoms with Crippen LogP contribution in [0.3, 0.4) is 0 Å². The predicted molar refractivity (Wildman–Crippen MR) is 83.7 cm³/mol. The first kappa shape index (κ1) is 14.2. The van der Waals surface area contributed by atoms with Gasteiger partial charge >= 0.3 is 0 Å². The summed E-state index contributed by atoms with van der Waals surface area (Å²) in [6.07, 6.45) is 5.61. The lowest BCUT2D eigenvalue weighted by molar-refractivity contribution is 0.426. The van der Waals surface area contributed by atoms with Gasteiger partial charge in [0.2, 0.25) is 16.0 Å². The number of nitrogens with zero attached hydrogens (tertiary/aromatic N) is 3. The molecule has 1 aliphatic heterocycles. The zero-order valence-corrected chi connectivity index (χ0v) is 13.2. The fourth-order valence-electron chi connectivity index (χ4n) is 3.32. The van der Waals surface area contributed by atoms with Crippen molar-refractivity contribution in [1.82, 2.24) is 14.7 Å². The van der Waals surface area contributed by atoms with E-state index in [1.807, 2.05) is 0 Å². The van der Waals surface area contributed by atoms with Gasteiger partial charge in [-0.25, -0.2) is 18.1 Å². The van der Waals surface area contributed by atoms with Crippen molar-refractivity contribution >= 4 is 21.8 Å². The first-order valence-electron chi connectivity index (χ1n) is 7.87. The monoisotopic (exact) mass is 323 g/mol. The van der Waals surface area contributed by atoms with Crippen molar-refractivity contribution in [2.45, 2.75) is 37.0 Å². The van der Waals surface area contributed by atoms with Crippen LogP contribution in [-0.2, 0) is 10.0 Å². The van der Waals surface area contributed by atoms with Gasteiger partial charge in [0.1, 0.15) is 5.82 Å². The smallest absolute Gasteiger partial charge is 0.227 e. The number of rotatable bonds is 5. The number of sulfonamides is 1. The maximum atomic E-state index is 12.3. The van der Waals surface area contributed by atoms with Crippen molar-refractivity contribution in [2.75, 3.05) is 23.7 Å². The molecule has 0 aromatic carbocycles. The van der Waals surface area contributed by atoms with Crippen LogP contribution in [0.15, 0.2) is 12.3 Å². The van der Waals surface area contributed by atoms with E-state index in [1.54, 1.807) is 12.3 Å². The van der Waals surface area contributed by atoms with E-state index in [-0.39, 0.29) is 11.3 Å². The number of nitrogen functional groups attached to an aromatic ring is 1. The molecule has 3 fully saturated rings. The second-order valence-electron chi connectivity index (χ2n) is 6.66. The van der Waals surface area contributed by atoms with Crippen molar-refractivity contribution in [3.05, 3.63) is 12.3 Å². The molecule has 2 atom stereocenters. The normalized spacial score (nSPS) is 29.0. The molecule has 0 amide bonds. The molecule has 4 rings (SSSR count). The third kappa shape index (κ3) is 2.77. The number of aromatic nitrogens is 2. The molecule has 22 heavy (non-hydrogen) atoms. The highest BCUT2D eigenvalue weighted by Gasteiger charge is 2.46. The molecule has 2 heterocycles. The molecule has 0 unspecified atom stereocenters. The Morgan fingerprint density at radius 1 is 1.23 bits per heavy atom. The van der Waals surface area contributed by atoms with Gasteiger partial charge in [0.25, 0.3) is 0 Å². The van der Waals surface area contributed by atoms with Gasteiger partial charge in [0.05, 0.1) is 5.25 Å². The fraction of sp³-hybridized carbons (Fsp3) is 0.714. The second kappa shape index (κ2) is 5.06. The van der Waals surface area contributed by atoms with Crippen LogP contribution in [0.5, 0.6) is 0 Å². The minimum atomic E-state index is -3.17. The van der Waals surface area contributed by atoms with E-state index in [2.05, 4.69) is 19.6 Å². The highest BCUT2D eigenvalue weighted by Crippen LogP contribution is 2.42. The summed E-state index contributed by atoms with van der Waals surface area (Å²) in [5.41, 5.74) is 5.73. The Hall–Kier alpha value is -1.41. The Kier molecular flexibility index (Phi) is 3.26. The van der Waals surface area contributed by atoms with Crippen LogP contribution in [0.1, 0.15) is 25.7 Å². The summed E-state index contributed by atoms with van der Waals surface area (Å²) < 4.78 is 27.5. The van der Waals surface area contributed by atoms with E-state index in [0.717, 1.165) is 19.4 Å². The molecule has 0 spiro atoms. The van der Waals surface area contributed by atoms with Crippen molar-refractivity contribution in [3.63, 3.8) is 0 Å². The maximum Gasteiger partial charge on any atom is 0.227 e. The van der Waals surface area contributed by atoms with Crippen molar-refractivity contribution < 1.29 is 8.42 Å². The number of anilines is 2. The lowest BCUT2D eigenvalue weighted by Crippen LogP contribution is -2.42. The lowest BCUT2D eigenvalue weighted by atomic mass is 9.99. The average molecular weight is 323 g/mol. The quantitative estimate of drug-likeness (QED) is 0.811. The molecule has 8 heteroatoms. The number of nitrogens with two attached hydrogens (primary N) is 1. The summed E-state index contributed by atoms with van der Waals surface area (Å²) >= 11 is 0. The number of hydrogen-bond acceptors (Lipinski definition) is 6. The average Bonchev–Trinajstić information content (AvgIpc) is 3.35. The van der Waals surface area contributed by atoms with Crippen molar-refractivity contribution in [1.29, 1.82) is 0 Å². The zero-order valence-electron chi connectivity index (χ0n) is 12.4. The minimum absolute atomic E-state index is 0.0388. The lowest BCUT2D eigenvalue weighted by Gasteiger charge is -2.18. The van der Waals surface area contributed by atoms with Gasteiger partial charge in [0, 0.05) is 25.3 Å². The first-order chi connectivity index (χ1) is 10.5. The van der Waals surface area contributed by atoms with E-state index in [9.17, 15) is 8.42 Å². The second-order valence-corrected chi connectivity index (χ2v) is 8.65. The van der Waals surface area contributed by atoms with E-state index < -0.39 is 10.0 Å². The molecule has 3 N–H and O–H groups in total. The topological polar surface area (TPSA) is 101 Å². The van der Waals surface area contributed by atoms with E-state index >= 15 is 0 Å². The molecule has 0 bridgehead atoms. The summed E-state index contributed by atoms with van der Waals surface area (Å²) in [7, 11) is -3.17. The van der Waals surface area contributed by atoms with Gasteiger partial charge in [-0.1, -0.05) is 0 Å². The molecule has 7 nitrogen and oxygen atoms in total. The Labute approximate surface area is 130 Å². The van der Waals surface area contributed by atoms with E-state index in [1.165, 1.54) is 12.8 Å². The Morgan fingerprint density at radius 2 is 2.00 bits per heavy atom. The van der Waals surface area contributed by atoms with Gasteiger partial charge in [-0.3, -0.25) is 0 Å². The molecule has 1 aromatic rings. The fourth-order valence-corrected chi connectivity index (χ4v) is 4.94. The van der Waals surface area contributed by atoms with Crippen LogP contribution in [0.2, 0.25) is 0 Å². The summed E-state index contributed by atoms with van der Waals surface area (Å²) in [4.78, 5) is 10.6. The molecular weight excluding hydrogens is 302 g/mol. The van der Waals surface area contributed by atoms with E-state index in [4.69, 9.17) is 5.73 Å². The zero-order chi connectivity index (χ0) is 15.3. The summed E-state index contributed by atoms with van der Waals surface area (Å²) in [6, 6.07) is 1.62. The molecular formula is C14H21N5O2S. The number of nitrogens with one attached hydrogen (secondary N) is 1. The minimum Gasteiger partial charge on any atom is -0.384 e. The highest BCUT2D eigenvalue weighted by molar-refractivity contribution is 7.90. The molecule has 3 aliphatic rings. The summed E-state index contributed by atoms with van der Waals surface area (Å²) in [5, 5.41) is -0.176. The Balaban J connectivity index is 1.53. The molecule has 0 radical (unpaired) electrons. The van der Waals surface area contributed by atoms with Gasteiger partial charge in [0.15, 0.2) is 0 Å². The Bertz CT molecular complexity index is 672. The van der Waals surface area contributed by atoms with Crippen molar-refractivity contribution in [3.8, 4) is 0 Å². The van der Waals surface area contributed by atoms with Gasteiger partial charge < -0.3 is 10.6 Å². The first-order valence-corrected chi connectivity index (χ1v) is 9.42. The van der Waals surface area contributed by atoms with E-state index in [0.29, 0.717) is 30.1 Å². The number of hydrogen-bond donors (Lipinski definition) is 2. The van der Waals surface area contributed by atoms with Crippen molar-refractivity contribution in [2.24, 2.45) is 11.8 Å². The van der Waals surface area contributed by atoms with Crippen LogP contribution >= 0.6 is 0 Å². The summed E-state index contributed by atoms with van der Waals surface area (Å²) in [5.74, 6) is 2.00. The van der Waals surface area contributed by atoms with Crippen LogP contribution in [0.4, 0.5) is 11.8 Å². The van der Waals surface area contributed by atoms with Crippen LogP contribution < -0.4 is 15.4 Å². The third-order valence-electron chi connectivity index (χ3n) is 4.82. The van der Waals surface area contributed by atoms with Crippen LogP contribution in [0, 0.1) is 11.8 Å². The van der Waals surface area contributed by atoms with Gasteiger partial charge in [-0.05, 0) is 43.6 Å². The molecule has 1 saturated heterocycles.